The Morgan fingerprint density at radius 2 is 1.94 bits per heavy atom. The first-order valence-corrected chi connectivity index (χ1v) is 12.4. The molecule has 2 N–H and O–H groups in total. The fourth-order valence-electron chi connectivity index (χ4n) is 4.95. The second kappa shape index (κ2) is 10.4. The predicted octanol–water partition coefficient (Wildman–Crippen LogP) is 4.09. The number of epoxide rings is 1. The molecule has 0 radical (unpaired) electrons. The minimum atomic E-state index is -0.639. The number of aliphatic hydroxyl groups is 1. The van der Waals surface area contributed by atoms with Crippen molar-refractivity contribution in [2.45, 2.75) is 109 Å². The van der Waals surface area contributed by atoms with Gasteiger partial charge < -0.3 is 24.6 Å². The molecule has 3 heterocycles. The molecule has 0 aliphatic carbocycles. The number of ether oxygens (including phenoxy) is 3. The predicted molar refractivity (Wildman–Crippen MR) is 130 cm³/mol. The highest BCUT2D eigenvalue weighted by Crippen LogP contribution is 2.46. The van der Waals surface area contributed by atoms with E-state index in [0.717, 1.165) is 18.4 Å². The van der Waals surface area contributed by atoms with E-state index in [9.17, 15) is 9.90 Å². The minimum absolute atomic E-state index is 0.0239. The number of hydrogen-bond acceptors (Lipinski definition) is 5. The van der Waals surface area contributed by atoms with E-state index in [1.807, 2.05) is 39.0 Å². The Morgan fingerprint density at radius 3 is 2.58 bits per heavy atom. The number of carbonyl (C=O) groups excluding carboxylic acids is 1. The molecule has 33 heavy (non-hydrogen) atoms. The van der Waals surface area contributed by atoms with Crippen LogP contribution in [-0.4, -0.2) is 59.3 Å². The van der Waals surface area contributed by atoms with Crippen molar-refractivity contribution in [1.82, 2.24) is 5.32 Å². The average Bonchev–Trinajstić information content (AvgIpc) is 3.48. The molecule has 6 nitrogen and oxygen atoms in total. The summed E-state index contributed by atoms with van der Waals surface area (Å²) < 4.78 is 18.0. The van der Waals surface area contributed by atoms with E-state index in [1.54, 1.807) is 6.08 Å². The van der Waals surface area contributed by atoms with Crippen LogP contribution in [0.1, 0.15) is 67.7 Å². The maximum Gasteiger partial charge on any atom is 0.243 e. The third-order valence-corrected chi connectivity index (χ3v) is 6.94. The van der Waals surface area contributed by atoms with Crippen LogP contribution in [-0.2, 0) is 19.0 Å². The van der Waals surface area contributed by atoms with Crippen LogP contribution in [0.3, 0.4) is 0 Å². The standard InChI is InChI=1S/C27H43NO5/c1-17(2)8-13-24(29)28-21-14-19(4)22(32-20(21)5)11-9-18(3)10-12-23-25(30)27(16-31-27)15-26(6,7)33-23/h8-10,12-13,17,19-23,25,30H,11,14-16H2,1-7H3,(H,28,29)/b12-10+,13-8-,18-9+/t19-,20+,21+,22-,23+,25+,27+/m0/s1. The van der Waals surface area contributed by atoms with Gasteiger partial charge in [0.1, 0.15) is 17.8 Å². The van der Waals surface area contributed by atoms with E-state index in [1.165, 1.54) is 0 Å². The molecule has 0 aromatic rings. The van der Waals surface area contributed by atoms with Gasteiger partial charge in [-0.25, -0.2) is 0 Å². The largest absolute Gasteiger partial charge is 0.387 e. The summed E-state index contributed by atoms with van der Waals surface area (Å²) in [5.41, 5.74) is 0.352. The first-order chi connectivity index (χ1) is 15.4. The molecule has 3 fully saturated rings. The molecule has 1 spiro atoms. The van der Waals surface area contributed by atoms with Gasteiger partial charge in [-0.15, -0.1) is 0 Å². The van der Waals surface area contributed by atoms with Crippen molar-refractivity contribution in [3.63, 3.8) is 0 Å². The number of rotatable bonds is 7. The van der Waals surface area contributed by atoms with Gasteiger partial charge in [-0.1, -0.05) is 50.6 Å². The van der Waals surface area contributed by atoms with Gasteiger partial charge >= 0.3 is 0 Å². The summed E-state index contributed by atoms with van der Waals surface area (Å²) in [7, 11) is 0. The maximum absolute atomic E-state index is 12.2. The highest BCUT2D eigenvalue weighted by molar-refractivity contribution is 5.87. The van der Waals surface area contributed by atoms with Crippen molar-refractivity contribution in [3.8, 4) is 0 Å². The van der Waals surface area contributed by atoms with Crippen LogP contribution in [0.15, 0.2) is 36.0 Å². The number of amides is 1. The van der Waals surface area contributed by atoms with Crippen LogP contribution in [0.25, 0.3) is 0 Å². The molecule has 6 heteroatoms. The summed E-state index contributed by atoms with van der Waals surface area (Å²) in [6, 6.07) is 0.0239. The quantitative estimate of drug-likeness (QED) is 0.339. The number of carbonyl (C=O) groups is 1. The van der Waals surface area contributed by atoms with Gasteiger partial charge in [0.2, 0.25) is 5.91 Å². The van der Waals surface area contributed by atoms with Crippen LogP contribution in [0.5, 0.6) is 0 Å². The molecule has 0 bridgehead atoms. The summed E-state index contributed by atoms with van der Waals surface area (Å²) in [6.07, 6.45) is 11.2. The van der Waals surface area contributed by atoms with E-state index in [2.05, 4.69) is 39.1 Å². The SMILES string of the molecule is CC(/C=C/[C@H]1OC(C)(C)C[C@@]2(CO2)[C@@H]1O)=C\C[C@@H]1O[C@H](C)[C@H](NC(=O)/C=C\C(C)C)C[C@@H]1C. The molecule has 3 rings (SSSR count). The molecule has 7 atom stereocenters. The lowest BCUT2D eigenvalue weighted by Crippen LogP contribution is -2.53. The molecule has 0 saturated carbocycles. The van der Waals surface area contributed by atoms with Crippen molar-refractivity contribution in [3.05, 3.63) is 36.0 Å². The minimum Gasteiger partial charge on any atom is -0.387 e. The van der Waals surface area contributed by atoms with Crippen LogP contribution >= 0.6 is 0 Å². The Hall–Kier alpha value is -1.47. The van der Waals surface area contributed by atoms with Crippen LogP contribution in [0.2, 0.25) is 0 Å². The van der Waals surface area contributed by atoms with E-state index in [-0.39, 0.29) is 35.9 Å². The third kappa shape index (κ3) is 7.01. The summed E-state index contributed by atoms with van der Waals surface area (Å²) >= 11 is 0. The highest BCUT2D eigenvalue weighted by Gasteiger charge is 2.60. The summed E-state index contributed by atoms with van der Waals surface area (Å²) in [4.78, 5) is 12.2. The van der Waals surface area contributed by atoms with Crippen molar-refractivity contribution < 1.29 is 24.1 Å². The fraction of sp³-hybridized carbons (Fsp3) is 0.741. The van der Waals surface area contributed by atoms with Gasteiger partial charge in [-0.2, -0.15) is 0 Å². The van der Waals surface area contributed by atoms with Gasteiger partial charge in [-0.05, 0) is 58.4 Å². The molecule has 1 amide bonds. The topological polar surface area (TPSA) is 80.3 Å². The average molecular weight is 462 g/mol. The van der Waals surface area contributed by atoms with Crippen LogP contribution in [0, 0.1) is 11.8 Å². The van der Waals surface area contributed by atoms with Gasteiger partial charge in [0, 0.05) is 6.42 Å². The molecular weight excluding hydrogens is 418 g/mol. The molecule has 0 aromatic carbocycles. The Bertz CT molecular complexity index is 779. The smallest absolute Gasteiger partial charge is 0.243 e. The zero-order valence-corrected chi connectivity index (χ0v) is 21.3. The first-order valence-electron chi connectivity index (χ1n) is 12.4. The van der Waals surface area contributed by atoms with E-state index < -0.39 is 11.7 Å². The number of nitrogens with one attached hydrogen (secondary N) is 1. The molecule has 0 aromatic heterocycles. The molecule has 186 valence electrons. The van der Waals surface area contributed by atoms with Crippen molar-refractivity contribution in [2.75, 3.05) is 6.61 Å². The summed E-state index contributed by atoms with van der Waals surface area (Å²) in [5, 5.41) is 13.8. The first kappa shape index (κ1) is 26.1. The van der Waals surface area contributed by atoms with Gasteiger partial charge in [0.15, 0.2) is 0 Å². The molecule has 3 saturated heterocycles. The Balaban J connectivity index is 1.52. The van der Waals surface area contributed by atoms with Crippen LogP contribution < -0.4 is 5.32 Å². The van der Waals surface area contributed by atoms with Crippen molar-refractivity contribution in [2.24, 2.45) is 11.8 Å². The van der Waals surface area contributed by atoms with Gasteiger partial charge in [0.25, 0.3) is 0 Å². The zero-order valence-electron chi connectivity index (χ0n) is 21.3. The third-order valence-electron chi connectivity index (χ3n) is 6.94. The molecular formula is C27H43NO5. The highest BCUT2D eigenvalue weighted by atomic mass is 16.6. The lowest BCUT2D eigenvalue weighted by Gasteiger charge is -2.41. The fourth-order valence-corrected chi connectivity index (χ4v) is 4.95. The normalized spacial score (nSPS) is 39.0. The second-order valence-corrected chi connectivity index (χ2v) is 11.2. The van der Waals surface area contributed by atoms with E-state index in [4.69, 9.17) is 14.2 Å². The van der Waals surface area contributed by atoms with Crippen molar-refractivity contribution in [1.29, 1.82) is 0 Å². The lowest BCUT2D eigenvalue weighted by molar-refractivity contribution is -0.171. The molecule has 3 aliphatic rings. The number of aliphatic hydroxyl groups excluding tert-OH is 1. The Kier molecular flexibility index (Phi) is 8.26. The monoisotopic (exact) mass is 461 g/mol. The van der Waals surface area contributed by atoms with Gasteiger partial charge in [0.05, 0.1) is 30.5 Å². The second-order valence-electron chi connectivity index (χ2n) is 11.2. The Labute approximate surface area is 199 Å². The molecule has 3 aliphatic heterocycles. The maximum atomic E-state index is 12.2. The van der Waals surface area contributed by atoms with Gasteiger partial charge in [-0.3, -0.25) is 4.79 Å². The number of hydrogen-bond donors (Lipinski definition) is 2. The van der Waals surface area contributed by atoms with Crippen LogP contribution in [0.4, 0.5) is 0 Å². The lowest BCUT2D eigenvalue weighted by atomic mass is 9.83. The zero-order chi connectivity index (χ0) is 24.4. The van der Waals surface area contributed by atoms with E-state index >= 15 is 0 Å². The van der Waals surface area contributed by atoms with E-state index in [0.29, 0.717) is 24.9 Å². The Morgan fingerprint density at radius 1 is 1.24 bits per heavy atom. The number of allylic oxidation sites excluding steroid dienone is 3. The summed E-state index contributed by atoms with van der Waals surface area (Å²) in [6.45, 7) is 15.1. The summed E-state index contributed by atoms with van der Waals surface area (Å²) in [5.74, 6) is 0.639. The molecule has 0 unspecified atom stereocenters. The van der Waals surface area contributed by atoms with Crippen molar-refractivity contribution >= 4 is 5.91 Å².